The minimum Gasteiger partial charge on any atom is -0.361 e. The summed E-state index contributed by atoms with van der Waals surface area (Å²) in [4.78, 5) is 59.8. The summed E-state index contributed by atoms with van der Waals surface area (Å²) in [5.74, 6) is 0.248. The number of rotatable bonds is 0. The Morgan fingerprint density at radius 2 is 1.17 bits per heavy atom. The summed E-state index contributed by atoms with van der Waals surface area (Å²) in [6, 6.07) is 6.39. The van der Waals surface area contributed by atoms with Gasteiger partial charge in [-0.25, -0.2) is 19.6 Å². The van der Waals surface area contributed by atoms with E-state index in [2.05, 4.69) is 40.1 Å². The quantitative estimate of drug-likeness (QED) is 0.165. The van der Waals surface area contributed by atoms with E-state index in [1.165, 1.54) is 23.4 Å². The van der Waals surface area contributed by atoms with Crippen LogP contribution in [0.5, 0.6) is 0 Å². The van der Waals surface area contributed by atoms with Gasteiger partial charge in [0.1, 0.15) is 23.2 Å². The van der Waals surface area contributed by atoms with Gasteiger partial charge in [0, 0.05) is 18.1 Å². The van der Waals surface area contributed by atoms with Crippen molar-refractivity contribution < 1.29 is 0 Å². The number of hydrogen-bond donors (Lipinski definition) is 0. The topological polar surface area (TPSA) is 166 Å². The van der Waals surface area contributed by atoms with Gasteiger partial charge in [0.2, 0.25) is 5.65 Å². The van der Waals surface area contributed by atoms with Crippen LogP contribution in [0.2, 0.25) is 5.15 Å². The van der Waals surface area contributed by atoms with Crippen LogP contribution in [0.3, 0.4) is 0 Å². The second-order valence-electron chi connectivity index (χ2n) is 13.8. The number of nitrogens with zero attached hydrogens (tertiary/aromatic N) is 12. The van der Waals surface area contributed by atoms with Crippen LogP contribution in [0, 0.1) is 6.57 Å². The Balaban J connectivity index is 0.000000163. The zero-order valence-corrected chi connectivity index (χ0v) is 29.3. The molecule has 6 heterocycles. The molecule has 0 saturated carbocycles. The Morgan fingerprint density at radius 3 is 1.67 bits per heavy atom. The summed E-state index contributed by atoms with van der Waals surface area (Å²) in [6.07, 6.45) is 4.55. The minimum atomic E-state index is -0.372. The lowest BCUT2D eigenvalue weighted by atomic mass is 10.1. The third-order valence-corrected chi connectivity index (χ3v) is 7.14. The van der Waals surface area contributed by atoms with E-state index in [0.717, 1.165) is 0 Å². The molecule has 0 aliphatic heterocycles. The molecule has 250 valence electrons. The normalized spacial score (nSPS) is 11.9. The average Bonchev–Trinajstić information content (AvgIpc) is 3.37. The maximum atomic E-state index is 12.2. The molecule has 0 aromatic carbocycles. The van der Waals surface area contributed by atoms with Crippen molar-refractivity contribution >= 4 is 50.6 Å². The van der Waals surface area contributed by atoms with Gasteiger partial charge in [0.15, 0.2) is 11.2 Å². The van der Waals surface area contributed by atoms with Gasteiger partial charge in [0.25, 0.3) is 28.1 Å². The molecule has 6 aromatic heterocycles. The number of hydrogen-bond acceptors (Lipinski definition) is 10. The molecular weight excluding hydrogens is 636 g/mol. The highest BCUT2D eigenvalue weighted by atomic mass is 35.5. The molecule has 0 unspecified atom stereocenters. The molecule has 0 atom stereocenters. The fraction of sp³-hybridized carbons (Fsp3) is 0.406. The van der Waals surface area contributed by atoms with Gasteiger partial charge in [-0.15, -0.1) is 5.10 Å². The van der Waals surface area contributed by atoms with Crippen molar-refractivity contribution in [2.75, 3.05) is 0 Å². The van der Waals surface area contributed by atoms with E-state index >= 15 is 0 Å². The summed E-state index contributed by atoms with van der Waals surface area (Å²) in [7, 11) is 1.77. The molecular formula is C32H37ClN12O3. The molecule has 16 heteroatoms. The molecule has 0 fully saturated rings. The largest absolute Gasteiger partial charge is 0.361 e. The molecule has 0 amide bonds. The molecule has 0 radical (unpaired) electrons. The number of halogens is 1. The van der Waals surface area contributed by atoms with Crippen LogP contribution in [0.4, 0.5) is 5.82 Å². The van der Waals surface area contributed by atoms with E-state index < -0.39 is 0 Å². The molecule has 0 spiro atoms. The maximum absolute atomic E-state index is 12.2. The van der Waals surface area contributed by atoms with Crippen molar-refractivity contribution in [2.45, 2.75) is 78.9 Å². The van der Waals surface area contributed by atoms with Crippen molar-refractivity contribution in [1.82, 2.24) is 53.6 Å². The lowest BCUT2D eigenvalue weighted by Crippen LogP contribution is -2.37. The summed E-state index contributed by atoms with van der Waals surface area (Å²) in [6.45, 7) is 24.2. The molecule has 6 rings (SSSR count). The zero-order chi connectivity index (χ0) is 35.8. The van der Waals surface area contributed by atoms with Crippen molar-refractivity contribution in [3.8, 4) is 0 Å². The Bertz CT molecular complexity index is 2360. The van der Waals surface area contributed by atoms with Gasteiger partial charge >= 0.3 is 0 Å². The lowest BCUT2D eigenvalue weighted by Gasteiger charge is -2.21. The van der Waals surface area contributed by atoms with Crippen molar-refractivity contribution in [1.29, 1.82) is 0 Å². The highest BCUT2D eigenvalue weighted by Gasteiger charge is 2.21. The summed E-state index contributed by atoms with van der Waals surface area (Å²) in [5, 5.41) is 9.05. The third-order valence-electron chi connectivity index (χ3n) is 6.93. The Kier molecular flexibility index (Phi) is 9.64. The van der Waals surface area contributed by atoms with Crippen LogP contribution in [0.15, 0.2) is 57.6 Å². The Morgan fingerprint density at radius 1 is 0.667 bits per heavy atom. The van der Waals surface area contributed by atoms with Gasteiger partial charge in [-0.2, -0.15) is 4.98 Å². The Labute approximate surface area is 280 Å². The first-order chi connectivity index (χ1) is 22.2. The van der Waals surface area contributed by atoms with Crippen molar-refractivity contribution in [2.24, 2.45) is 7.05 Å². The number of aryl methyl sites for hydroxylation is 1. The fourth-order valence-electron chi connectivity index (χ4n) is 4.41. The van der Waals surface area contributed by atoms with Crippen LogP contribution < -0.4 is 16.7 Å². The average molecular weight is 673 g/mol. The van der Waals surface area contributed by atoms with Crippen LogP contribution in [0.1, 0.15) is 62.3 Å². The van der Waals surface area contributed by atoms with Gasteiger partial charge in [-0.05, 0) is 80.5 Å². The zero-order valence-electron chi connectivity index (χ0n) is 28.5. The van der Waals surface area contributed by atoms with Crippen LogP contribution in [-0.2, 0) is 23.7 Å². The monoisotopic (exact) mass is 672 g/mol. The number of aromatic nitrogens is 11. The molecule has 0 N–H and O–H groups in total. The van der Waals surface area contributed by atoms with Gasteiger partial charge in [-0.1, -0.05) is 34.4 Å². The minimum absolute atomic E-state index is 0.0957. The van der Waals surface area contributed by atoms with Crippen LogP contribution in [-0.4, -0.2) is 53.6 Å². The van der Waals surface area contributed by atoms with Gasteiger partial charge in [-0.3, -0.25) is 23.5 Å². The van der Waals surface area contributed by atoms with Crippen LogP contribution >= 0.6 is 11.6 Å². The summed E-state index contributed by atoms with van der Waals surface area (Å²) >= 11 is 5.74. The molecule has 15 nitrogen and oxygen atoms in total. The van der Waals surface area contributed by atoms with E-state index in [1.54, 1.807) is 45.3 Å². The predicted molar refractivity (Wildman–Crippen MR) is 184 cm³/mol. The number of fused-ring (bicyclic) bond motifs is 3. The van der Waals surface area contributed by atoms with Crippen LogP contribution in [0.25, 0.3) is 38.1 Å². The molecule has 0 aliphatic rings. The first kappa shape index (κ1) is 35.5. The third kappa shape index (κ3) is 7.44. The van der Waals surface area contributed by atoms with E-state index in [4.69, 9.17) is 18.2 Å². The predicted octanol–water partition coefficient (Wildman–Crippen LogP) is 4.58. The molecule has 0 saturated heterocycles. The highest BCUT2D eigenvalue weighted by molar-refractivity contribution is 6.29. The second kappa shape index (κ2) is 13.0. The first-order valence-electron chi connectivity index (χ1n) is 14.8. The summed E-state index contributed by atoms with van der Waals surface area (Å²) in [5.41, 5.74) is 0.211. The maximum Gasteiger partial charge on any atom is 0.296 e. The van der Waals surface area contributed by atoms with Crippen molar-refractivity contribution in [3.05, 3.63) is 90.9 Å². The highest BCUT2D eigenvalue weighted by Crippen LogP contribution is 2.16. The second-order valence-corrected chi connectivity index (χ2v) is 14.2. The van der Waals surface area contributed by atoms with E-state index in [1.807, 2.05) is 62.3 Å². The fourth-order valence-corrected chi connectivity index (χ4v) is 4.55. The van der Waals surface area contributed by atoms with Gasteiger partial charge in [0.05, 0.1) is 17.3 Å². The molecule has 0 bridgehead atoms. The van der Waals surface area contributed by atoms with Crippen molar-refractivity contribution in [3.63, 3.8) is 0 Å². The SMILES string of the molecule is CC(C)(C)n1cnc2nc(Cl)ccc2c1=O.Cn1cnc2nnn(C(C)(C)C)c(=O)c21.[C-]#[N+]c1ccc2c(=O)n(C(C)(C)C)cnc2n1. The number of pyridine rings is 2. The van der Waals surface area contributed by atoms with E-state index in [0.29, 0.717) is 38.4 Å². The first-order valence-corrected chi connectivity index (χ1v) is 15.2. The number of imidazole rings is 1. The Hall–Kier alpha value is -5.36. The summed E-state index contributed by atoms with van der Waals surface area (Å²) < 4.78 is 6.19. The lowest BCUT2D eigenvalue weighted by molar-refractivity contribution is 0.326. The van der Waals surface area contributed by atoms with E-state index in [9.17, 15) is 14.4 Å². The standard InChI is InChI=1S/C12H12N4O.C11H12ClN3O.C9H13N5O/c1-12(2,3)16-7-14-10-8(11(16)17)5-6-9(13-4)15-10;1-11(2,3)15-6-13-9-7(10(15)16)4-5-8(12)14-9;1-9(2,3)14-8(15)6-7(11-12-14)10-5-13(6)4/h5-7H,1-3H3;4-6H,1-3H3;5H,1-4H3. The molecule has 0 aliphatic carbocycles. The molecule has 48 heavy (non-hydrogen) atoms. The molecule has 6 aromatic rings. The smallest absolute Gasteiger partial charge is 0.296 e. The van der Waals surface area contributed by atoms with Gasteiger partial charge < -0.3 is 9.41 Å². The van der Waals surface area contributed by atoms with E-state index in [-0.39, 0.29) is 39.1 Å².